The van der Waals surface area contributed by atoms with Crippen molar-refractivity contribution in [2.24, 2.45) is 0 Å². The van der Waals surface area contributed by atoms with Crippen LogP contribution in [0, 0.1) is 6.92 Å². The fraction of sp³-hybridized carbons (Fsp3) is 0.118. The zero-order chi connectivity index (χ0) is 14.1. The number of aryl methyl sites for hydroxylation is 1. The first-order valence-corrected chi connectivity index (χ1v) is 6.43. The molecular weight excluding hydrogens is 250 g/mol. The lowest BCUT2D eigenvalue weighted by molar-refractivity contribution is 0.400. The monoisotopic (exact) mass is 265 g/mol. The second kappa shape index (κ2) is 4.85. The van der Waals surface area contributed by atoms with E-state index in [9.17, 15) is 5.11 Å². The standard InChI is InChI=1S/C17H15NO2/c1-11-9-12(7-8-16(11)19)14-10-17(20-2)18-15-6-4-3-5-13(14)15/h3-10,19H,1-2H3. The Labute approximate surface area is 117 Å². The van der Waals surface area contributed by atoms with E-state index in [2.05, 4.69) is 4.98 Å². The van der Waals surface area contributed by atoms with Crippen molar-refractivity contribution in [3.8, 4) is 22.8 Å². The highest BCUT2D eigenvalue weighted by atomic mass is 16.5. The van der Waals surface area contributed by atoms with Crippen LogP contribution in [0.1, 0.15) is 5.56 Å². The van der Waals surface area contributed by atoms with Gasteiger partial charge in [0.2, 0.25) is 5.88 Å². The molecular formula is C17H15NO2. The van der Waals surface area contributed by atoms with Crippen LogP contribution in [0.25, 0.3) is 22.0 Å². The molecule has 0 atom stereocenters. The van der Waals surface area contributed by atoms with Crippen molar-refractivity contribution in [1.82, 2.24) is 4.98 Å². The van der Waals surface area contributed by atoms with Gasteiger partial charge in [0.05, 0.1) is 12.6 Å². The van der Waals surface area contributed by atoms with E-state index in [0.717, 1.165) is 27.6 Å². The molecule has 1 N–H and O–H groups in total. The number of pyridine rings is 1. The Morgan fingerprint density at radius 1 is 1.05 bits per heavy atom. The summed E-state index contributed by atoms with van der Waals surface area (Å²) in [5.41, 5.74) is 3.84. The van der Waals surface area contributed by atoms with E-state index in [0.29, 0.717) is 11.6 Å². The van der Waals surface area contributed by atoms with E-state index in [1.165, 1.54) is 0 Å². The number of ether oxygens (including phenoxy) is 1. The Morgan fingerprint density at radius 3 is 2.60 bits per heavy atom. The first-order valence-electron chi connectivity index (χ1n) is 6.43. The summed E-state index contributed by atoms with van der Waals surface area (Å²) in [7, 11) is 1.61. The Hall–Kier alpha value is -2.55. The van der Waals surface area contributed by atoms with Gasteiger partial charge in [-0.05, 0) is 41.8 Å². The van der Waals surface area contributed by atoms with Crippen molar-refractivity contribution >= 4 is 10.9 Å². The van der Waals surface area contributed by atoms with Gasteiger partial charge in [-0.1, -0.05) is 24.3 Å². The third-order valence-corrected chi connectivity index (χ3v) is 3.41. The number of hydrogen-bond acceptors (Lipinski definition) is 3. The van der Waals surface area contributed by atoms with Gasteiger partial charge in [-0.2, -0.15) is 0 Å². The van der Waals surface area contributed by atoms with Gasteiger partial charge >= 0.3 is 0 Å². The van der Waals surface area contributed by atoms with Crippen LogP contribution in [0.3, 0.4) is 0 Å². The molecule has 0 aliphatic carbocycles. The normalized spacial score (nSPS) is 10.7. The summed E-state index contributed by atoms with van der Waals surface area (Å²) in [6, 6.07) is 15.5. The summed E-state index contributed by atoms with van der Waals surface area (Å²) in [5.74, 6) is 0.892. The van der Waals surface area contributed by atoms with Crippen molar-refractivity contribution in [3.63, 3.8) is 0 Å². The van der Waals surface area contributed by atoms with E-state index < -0.39 is 0 Å². The molecule has 3 heteroatoms. The first kappa shape index (κ1) is 12.5. The maximum absolute atomic E-state index is 9.67. The zero-order valence-electron chi connectivity index (χ0n) is 11.4. The number of hydrogen-bond donors (Lipinski definition) is 1. The van der Waals surface area contributed by atoms with Crippen LogP contribution in [0.15, 0.2) is 48.5 Å². The van der Waals surface area contributed by atoms with Gasteiger partial charge in [-0.3, -0.25) is 0 Å². The molecule has 3 rings (SSSR count). The van der Waals surface area contributed by atoms with Gasteiger partial charge in [0, 0.05) is 11.5 Å². The van der Waals surface area contributed by atoms with Crippen LogP contribution >= 0.6 is 0 Å². The third-order valence-electron chi connectivity index (χ3n) is 3.41. The highest BCUT2D eigenvalue weighted by Gasteiger charge is 2.09. The summed E-state index contributed by atoms with van der Waals surface area (Å²) in [5, 5.41) is 10.7. The van der Waals surface area contributed by atoms with E-state index in [1.807, 2.05) is 49.4 Å². The second-order valence-corrected chi connectivity index (χ2v) is 4.73. The smallest absolute Gasteiger partial charge is 0.214 e. The lowest BCUT2D eigenvalue weighted by atomic mass is 9.99. The number of benzene rings is 2. The molecule has 1 aromatic heterocycles. The van der Waals surface area contributed by atoms with Gasteiger partial charge in [-0.15, -0.1) is 0 Å². The van der Waals surface area contributed by atoms with Crippen LogP contribution in [-0.4, -0.2) is 17.2 Å². The third kappa shape index (κ3) is 2.07. The predicted octanol–water partition coefficient (Wildman–Crippen LogP) is 3.92. The maximum atomic E-state index is 9.67. The van der Waals surface area contributed by atoms with Crippen molar-refractivity contribution in [2.75, 3.05) is 7.11 Å². The Balaban J connectivity index is 2.30. The van der Waals surface area contributed by atoms with Crippen LogP contribution in [0.4, 0.5) is 0 Å². The molecule has 0 fully saturated rings. The summed E-state index contributed by atoms with van der Waals surface area (Å²) >= 11 is 0. The summed E-state index contributed by atoms with van der Waals surface area (Å²) < 4.78 is 5.28. The van der Waals surface area contributed by atoms with E-state index in [1.54, 1.807) is 13.2 Å². The van der Waals surface area contributed by atoms with Crippen molar-refractivity contribution < 1.29 is 9.84 Å². The lowest BCUT2D eigenvalue weighted by Crippen LogP contribution is -1.91. The number of fused-ring (bicyclic) bond motifs is 1. The molecule has 2 aromatic carbocycles. The number of phenolic OH excluding ortho intramolecular Hbond substituents is 1. The fourth-order valence-electron chi connectivity index (χ4n) is 2.32. The van der Waals surface area contributed by atoms with Crippen molar-refractivity contribution in [2.45, 2.75) is 6.92 Å². The molecule has 0 aliphatic heterocycles. The largest absolute Gasteiger partial charge is 0.508 e. The van der Waals surface area contributed by atoms with Crippen LogP contribution in [0.2, 0.25) is 0 Å². The summed E-state index contributed by atoms with van der Waals surface area (Å²) in [6.45, 7) is 1.89. The van der Waals surface area contributed by atoms with Gasteiger partial charge in [0.15, 0.2) is 0 Å². The van der Waals surface area contributed by atoms with Crippen molar-refractivity contribution in [1.29, 1.82) is 0 Å². The molecule has 0 spiro atoms. The summed E-state index contributed by atoms with van der Waals surface area (Å²) in [6.07, 6.45) is 0. The van der Waals surface area contributed by atoms with E-state index in [-0.39, 0.29) is 0 Å². The van der Waals surface area contributed by atoms with Gasteiger partial charge in [0.25, 0.3) is 0 Å². The minimum atomic E-state index is 0.305. The fourth-order valence-corrected chi connectivity index (χ4v) is 2.32. The summed E-state index contributed by atoms with van der Waals surface area (Å²) in [4.78, 5) is 4.45. The number of rotatable bonds is 2. The molecule has 3 aromatic rings. The van der Waals surface area contributed by atoms with E-state index >= 15 is 0 Å². The average Bonchev–Trinajstić information content (AvgIpc) is 2.49. The molecule has 0 amide bonds. The van der Waals surface area contributed by atoms with Gasteiger partial charge in [0.1, 0.15) is 5.75 Å². The lowest BCUT2D eigenvalue weighted by Gasteiger charge is -2.10. The molecule has 0 bridgehead atoms. The Bertz CT molecular complexity index is 781. The van der Waals surface area contributed by atoms with Crippen LogP contribution in [0.5, 0.6) is 11.6 Å². The van der Waals surface area contributed by atoms with Crippen molar-refractivity contribution in [3.05, 3.63) is 54.1 Å². The molecule has 100 valence electrons. The molecule has 20 heavy (non-hydrogen) atoms. The molecule has 0 radical (unpaired) electrons. The number of nitrogens with zero attached hydrogens (tertiary/aromatic N) is 1. The average molecular weight is 265 g/mol. The number of phenols is 1. The first-order chi connectivity index (χ1) is 9.69. The molecule has 0 saturated carbocycles. The highest BCUT2D eigenvalue weighted by molar-refractivity contribution is 5.95. The molecule has 0 saturated heterocycles. The molecule has 0 aliphatic rings. The maximum Gasteiger partial charge on any atom is 0.214 e. The second-order valence-electron chi connectivity index (χ2n) is 4.73. The minimum Gasteiger partial charge on any atom is -0.508 e. The zero-order valence-corrected chi connectivity index (χ0v) is 11.4. The molecule has 1 heterocycles. The minimum absolute atomic E-state index is 0.305. The molecule has 3 nitrogen and oxygen atoms in total. The quantitative estimate of drug-likeness (QED) is 0.763. The Kier molecular flexibility index (Phi) is 3.03. The SMILES string of the molecule is COc1cc(-c2ccc(O)c(C)c2)c2ccccc2n1. The van der Waals surface area contributed by atoms with Gasteiger partial charge in [-0.25, -0.2) is 4.98 Å². The number of aromatic nitrogens is 1. The number of methoxy groups -OCH3 is 1. The van der Waals surface area contributed by atoms with Gasteiger partial charge < -0.3 is 9.84 Å². The molecule has 0 unspecified atom stereocenters. The van der Waals surface area contributed by atoms with E-state index in [4.69, 9.17) is 4.74 Å². The number of aromatic hydroxyl groups is 1. The van der Waals surface area contributed by atoms with Crippen LogP contribution in [-0.2, 0) is 0 Å². The highest BCUT2D eigenvalue weighted by Crippen LogP contribution is 2.32. The number of para-hydroxylation sites is 1. The predicted molar refractivity (Wildman–Crippen MR) is 80.1 cm³/mol. The Morgan fingerprint density at radius 2 is 1.85 bits per heavy atom. The topological polar surface area (TPSA) is 42.4 Å². The van der Waals surface area contributed by atoms with Crippen LogP contribution < -0.4 is 4.74 Å².